The summed E-state index contributed by atoms with van der Waals surface area (Å²) in [6.07, 6.45) is 1.76. The molecule has 0 saturated carbocycles. The van der Waals surface area contributed by atoms with E-state index in [0.717, 1.165) is 51.7 Å². The van der Waals surface area contributed by atoms with Crippen LogP contribution in [0.3, 0.4) is 0 Å². The Morgan fingerprint density at radius 3 is 2.75 bits per heavy atom. The molecule has 3 N–H and O–H groups in total. The average molecular weight is 394 g/mol. The highest BCUT2D eigenvalue weighted by Gasteiger charge is 2.15. The van der Waals surface area contributed by atoms with E-state index in [9.17, 15) is 0 Å². The normalized spacial score (nSPS) is 11.9. The van der Waals surface area contributed by atoms with Crippen molar-refractivity contribution in [3.8, 4) is 5.75 Å². The van der Waals surface area contributed by atoms with E-state index in [1.165, 1.54) is 0 Å². The average Bonchev–Trinajstić information content (AvgIpc) is 2.98. The predicted octanol–water partition coefficient (Wildman–Crippen LogP) is 3.21. The lowest BCUT2D eigenvalue weighted by atomic mass is 9.96. The number of nitrogens with two attached hydrogens (primary N) is 1. The fourth-order valence-electron chi connectivity index (χ4n) is 2.99. The number of fused-ring (bicyclic) bond motifs is 1. The lowest BCUT2D eigenvalue weighted by Gasteiger charge is -2.19. The number of benzene rings is 1. The molecule has 2 heterocycles. The number of rotatable bonds is 7. The lowest BCUT2D eigenvalue weighted by Crippen LogP contribution is -2.29. The van der Waals surface area contributed by atoms with Crippen molar-refractivity contribution in [3.05, 3.63) is 36.5 Å². The van der Waals surface area contributed by atoms with E-state index in [1.807, 2.05) is 24.3 Å². The SMILES string of the molecule is [B]c1ccc(OC)cc1Sc1cc2c(N)nccc2n1CCNCC(C)(C)C. The first-order chi connectivity index (χ1) is 13.3. The fraction of sp³-hybridized carbons (Fsp3) is 0.381. The van der Waals surface area contributed by atoms with Gasteiger partial charge in [0.2, 0.25) is 0 Å². The van der Waals surface area contributed by atoms with Gasteiger partial charge in [0.05, 0.1) is 17.7 Å². The van der Waals surface area contributed by atoms with Gasteiger partial charge in [-0.3, -0.25) is 0 Å². The molecule has 1 aromatic carbocycles. The summed E-state index contributed by atoms with van der Waals surface area (Å²) in [7, 11) is 7.86. The van der Waals surface area contributed by atoms with Crippen molar-refractivity contribution in [3.63, 3.8) is 0 Å². The number of aromatic nitrogens is 2. The summed E-state index contributed by atoms with van der Waals surface area (Å²) in [5.41, 5.74) is 8.17. The van der Waals surface area contributed by atoms with Crippen LogP contribution < -0.4 is 21.3 Å². The van der Waals surface area contributed by atoms with Gasteiger partial charge in [-0.05, 0) is 29.7 Å². The number of ether oxygens (including phenoxy) is 1. The number of nitrogens with zero attached hydrogens (tertiary/aromatic N) is 2. The largest absolute Gasteiger partial charge is 0.497 e. The van der Waals surface area contributed by atoms with Crippen LogP contribution in [-0.2, 0) is 6.54 Å². The number of pyridine rings is 1. The first kappa shape index (κ1) is 20.6. The molecule has 0 amide bonds. The van der Waals surface area contributed by atoms with Crippen molar-refractivity contribution in [2.75, 3.05) is 25.9 Å². The Bertz CT molecular complexity index is 965. The number of hydrogen-bond acceptors (Lipinski definition) is 5. The predicted molar refractivity (Wildman–Crippen MR) is 119 cm³/mol. The molecular weight excluding hydrogens is 367 g/mol. The van der Waals surface area contributed by atoms with Gasteiger partial charge in [0.15, 0.2) is 0 Å². The van der Waals surface area contributed by atoms with Crippen LogP contribution >= 0.6 is 11.8 Å². The van der Waals surface area contributed by atoms with Crippen molar-refractivity contribution >= 4 is 41.8 Å². The van der Waals surface area contributed by atoms with Gasteiger partial charge >= 0.3 is 0 Å². The lowest BCUT2D eigenvalue weighted by molar-refractivity contribution is 0.375. The molecule has 146 valence electrons. The highest BCUT2D eigenvalue weighted by molar-refractivity contribution is 7.99. The molecule has 0 bridgehead atoms. The van der Waals surface area contributed by atoms with Gasteiger partial charge < -0.3 is 20.4 Å². The Morgan fingerprint density at radius 1 is 1.25 bits per heavy atom. The van der Waals surface area contributed by atoms with Gasteiger partial charge in [-0.2, -0.15) is 0 Å². The minimum atomic E-state index is 0.250. The number of nitrogen functional groups attached to an aromatic ring is 1. The van der Waals surface area contributed by atoms with Gasteiger partial charge in [0.1, 0.15) is 19.4 Å². The van der Waals surface area contributed by atoms with Crippen LogP contribution in [-0.4, -0.2) is 37.6 Å². The molecule has 0 aliphatic rings. The molecule has 3 aromatic rings. The van der Waals surface area contributed by atoms with E-state index in [0.29, 0.717) is 5.82 Å². The highest BCUT2D eigenvalue weighted by Crippen LogP contribution is 2.34. The van der Waals surface area contributed by atoms with Gasteiger partial charge in [0.25, 0.3) is 0 Å². The van der Waals surface area contributed by atoms with Gasteiger partial charge in [-0.25, -0.2) is 4.98 Å². The molecule has 0 saturated heterocycles. The standard InChI is InChI=1S/C21H27BN4OS/c1-21(2,3)13-24-9-10-26-17-7-8-25-20(23)15(17)12-19(26)28-18-11-14(27-4)5-6-16(18)22/h5-8,11-12,24H,9-10,13H2,1-4H3,(H2,23,25). The zero-order valence-electron chi connectivity index (χ0n) is 17.0. The van der Waals surface area contributed by atoms with Crippen LogP contribution in [0.1, 0.15) is 20.8 Å². The molecule has 0 fully saturated rings. The van der Waals surface area contributed by atoms with Crippen molar-refractivity contribution in [2.24, 2.45) is 5.41 Å². The first-order valence-corrected chi connectivity index (χ1v) is 10.2. The maximum Gasteiger partial charge on any atom is 0.132 e. The first-order valence-electron chi connectivity index (χ1n) is 9.34. The summed E-state index contributed by atoms with van der Waals surface area (Å²) in [6, 6.07) is 9.79. The Morgan fingerprint density at radius 2 is 2.04 bits per heavy atom. The number of anilines is 1. The molecule has 2 aromatic heterocycles. The minimum absolute atomic E-state index is 0.250. The maximum absolute atomic E-state index is 6.20. The van der Waals surface area contributed by atoms with Crippen LogP contribution in [0.4, 0.5) is 5.82 Å². The summed E-state index contributed by atoms with van der Waals surface area (Å²) in [5, 5.41) is 5.58. The van der Waals surface area contributed by atoms with Crippen LogP contribution in [0.5, 0.6) is 5.75 Å². The van der Waals surface area contributed by atoms with Crippen molar-refractivity contribution in [1.29, 1.82) is 0 Å². The van der Waals surface area contributed by atoms with E-state index < -0.39 is 0 Å². The van der Waals surface area contributed by atoms with E-state index in [1.54, 1.807) is 25.1 Å². The molecule has 0 aliphatic carbocycles. The molecule has 0 aliphatic heterocycles. The van der Waals surface area contributed by atoms with Gasteiger partial charge in [-0.1, -0.05) is 44.1 Å². The smallest absolute Gasteiger partial charge is 0.132 e. The fourth-order valence-corrected chi connectivity index (χ4v) is 4.06. The topological polar surface area (TPSA) is 65.1 Å². The maximum atomic E-state index is 6.20. The third-order valence-corrected chi connectivity index (χ3v) is 5.55. The zero-order valence-corrected chi connectivity index (χ0v) is 17.8. The monoisotopic (exact) mass is 394 g/mol. The Hall–Kier alpha value is -2.12. The second-order valence-electron chi connectivity index (χ2n) is 8.01. The van der Waals surface area contributed by atoms with Crippen molar-refractivity contribution in [2.45, 2.75) is 37.2 Å². The highest BCUT2D eigenvalue weighted by atomic mass is 32.2. The second kappa shape index (κ2) is 8.49. The third-order valence-electron chi connectivity index (χ3n) is 4.43. The van der Waals surface area contributed by atoms with Crippen LogP contribution in [0.15, 0.2) is 46.5 Å². The molecule has 0 atom stereocenters. The Kier molecular flexibility index (Phi) is 6.25. The van der Waals surface area contributed by atoms with Crippen LogP contribution in [0, 0.1) is 5.41 Å². The molecule has 2 radical (unpaired) electrons. The molecule has 3 rings (SSSR count). The molecule has 28 heavy (non-hydrogen) atoms. The van der Waals surface area contributed by atoms with E-state index >= 15 is 0 Å². The number of nitrogens with one attached hydrogen (secondary N) is 1. The van der Waals surface area contributed by atoms with Crippen molar-refractivity contribution < 1.29 is 4.74 Å². The molecular formula is C21H27BN4OS. The molecule has 0 spiro atoms. The van der Waals surface area contributed by atoms with Crippen molar-refractivity contribution in [1.82, 2.24) is 14.9 Å². The Labute approximate surface area is 172 Å². The van der Waals surface area contributed by atoms with E-state index in [2.05, 4.69) is 41.7 Å². The molecule has 0 unspecified atom stereocenters. The number of hydrogen-bond donors (Lipinski definition) is 2. The molecule has 5 nitrogen and oxygen atoms in total. The quantitative estimate of drug-likeness (QED) is 0.476. The Balaban J connectivity index is 1.91. The van der Waals surface area contributed by atoms with Crippen LogP contribution in [0.2, 0.25) is 0 Å². The second-order valence-corrected chi connectivity index (χ2v) is 9.07. The van der Waals surface area contributed by atoms with Gasteiger partial charge in [0, 0.05) is 36.1 Å². The zero-order chi connectivity index (χ0) is 20.3. The number of methoxy groups -OCH3 is 1. The van der Waals surface area contributed by atoms with E-state index in [4.69, 9.17) is 18.3 Å². The summed E-state index contributed by atoms with van der Waals surface area (Å²) in [4.78, 5) is 5.19. The summed E-state index contributed by atoms with van der Waals surface area (Å²) < 4.78 is 7.62. The van der Waals surface area contributed by atoms with Crippen LogP contribution in [0.25, 0.3) is 10.9 Å². The van der Waals surface area contributed by atoms with Gasteiger partial charge in [-0.15, -0.1) is 0 Å². The summed E-state index contributed by atoms with van der Waals surface area (Å²) >= 11 is 1.62. The molecule has 7 heteroatoms. The third kappa shape index (κ3) is 4.83. The van der Waals surface area contributed by atoms with E-state index in [-0.39, 0.29) is 5.41 Å². The summed E-state index contributed by atoms with van der Waals surface area (Å²) in [6.45, 7) is 9.33. The minimum Gasteiger partial charge on any atom is -0.497 e. The summed E-state index contributed by atoms with van der Waals surface area (Å²) in [5.74, 6) is 1.33.